The molecule has 0 fully saturated rings. The molecule has 0 aromatic heterocycles. The van der Waals surface area contributed by atoms with Crippen molar-refractivity contribution in [3.05, 3.63) is 66.8 Å². The molecule has 1 rings (SSSR count). The summed E-state index contributed by atoms with van der Waals surface area (Å²) in [5.74, 6) is 0. The van der Waals surface area contributed by atoms with Crippen molar-refractivity contribution in [3.63, 3.8) is 0 Å². The molecule has 0 saturated heterocycles. The molecule has 0 amide bonds. The molecular weight excluding hydrogens is 168 g/mol. The molecule has 0 N–H and O–H groups in total. The summed E-state index contributed by atoms with van der Waals surface area (Å²) in [7, 11) is 0. The van der Waals surface area contributed by atoms with Crippen molar-refractivity contribution in [1.29, 1.82) is 0 Å². The van der Waals surface area contributed by atoms with E-state index in [0.29, 0.717) is 0 Å². The smallest absolute Gasteiger partial charge is 1.00 e. The summed E-state index contributed by atoms with van der Waals surface area (Å²) in [5, 5.41) is 0. The Morgan fingerprint density at radius 1 is 1.00 bits per heavy atom. The fourth-order valence-corrected chi connectivity index (χ4v) is 0.874. The van der Waals surface area contributed by atoms with E-state index in [9.17, 15) is 0 Å². The van der Waals surface area contributed by atoms with Crippen LogP contribution in [0.3, 0.4) is 0 Å². The van der Waals surface area contributed by atoms with Crippen LogP contribution in [0.5, 0.6) is 0 Å². The predicted octanol–water partition coefficient (Wildman–Crippen LogP) is 3.29. The third-order valence-electron chi connectivity index (χ3n) is 1.45. The molecule has 0 unspecified atom stereocenters. The first-order valence-corrected chi connectivity index (χ1v) is 3.94. The topological polar surface area (TPSA) is 0 Å². The average molecular weight is 183 g/mol. The molecule has 0 aliphatic heterocycles. The maximum absolute atomic E-state index is 3.58. The molecule has 0 radical (unpaired) electrons. The second-order valence-corrected chi connectivity index (χ2v) is 2.39. The van der Waals surface area contributed by atoms with Crippen molar-refractivity contribution >= 4 is 29.1 Å². The van der Waals surface area contributed by atoms with Gasteiger partial charge in [0.2, 0.25) is 0 Å². The van der Waals surface area contributed by atoms with Crippen LogP contribution in [0, 0.1) is 0 Å². The summed E-state index contributed by atoms with van der Waals surface area (Å²) in [5.41, 5.74) is 1.21. The molecule has 1 heteroatoms. The SMILES string of the molecule is C=CC=CC=Cc1ccccc1.[H-].[H-].[Mg+2]. The van der Waals surface area contributed by atoms with Crippen LogP contribution in [-0.4, -0.2) is 23.1 Å². The van der Waals surface area contributed by atoms with Crippen molar-refractivity contribution in [2.75, 3.05) is 0 Å². The Morgan fingerprint density at radius 2 is 1.69 bits per heavy atom. The fourth-order valence-electron chi connectivity index (χ4n) is 0.874. The van der Waals surface area contributed by atoms with Crippen LogP contribution in [0.25, 0.3) is 6.08 Å². The van der Waals surface area contributed by atoms with Gasteiger partial charge in [-0.1, -0.05) is 67.3 Å². The Bertz CT molecular complexity index is 292. The largest absolute Gasteiger partial charge is 2.00 e. The van der Waals surface area contributed by atoms with Crippen LogP contribution >= 0.6 is 0 Å². The van der Waals surface area contributed by atoms with Crippen molar-refractivity contribution in [3.8, 4) is 0 Å². The molecule has 0 saturated carbocycles. The minimum absolute atomic E-state index is 0. The van der Waals surface area contributed by atoms with Crippen molar-refractivity contribution in [2.24, 2.45) is 0 Å². The number of hydrogen-bond acceptors (Lipinski definition) is 0. The first-order chi connectivity index (χ1) is 5.93. The Morgan fingerprint density at radius 3 is 2.31 bits per heavy atom. The fraction of sp³-hybridized carbons (Fsp3) is 0. The van der Waals surface area contributed by atoms with Gasteiger partial charge in [-0.2, -0.15) is 0 Å². The Hall–Kier alpha value is -0.794. The first-order valence-electron chi connectivity index (χ1n) is 3.94. The zero-order valence-corrected chi connectivity index (χ0v) is 9.10. The second kappa shape index (κ2) is 7.83. The van der Waals surface area contributed by atoms with E-state index < -0.39 is 0 Å². The van der Waals surface area contributed by atoms with Crippen molar-refractivity contribution < 1.29 is 2.85 Å². The molecule has 64 valence electrons. The van der Waals surface area contributed by atoms with Gasteiger partial charge in [0.25, 0.3) is 0 Å². The van der Waals surface area contributed by atoms with Crippen LogP contribution < -0.4 is 0 Å². The first kappa shape index (κ1) is 12.2. The minimum Gasteiger partial charge on any atom is -1.00 e. The summed E-state index contributed by atoms with van der Waals surface area (Å²) >= 11 is 0. The zero-order chi connectivity index (χ0) is 8.65. The van der Waals surface area contributed by atoms with E-state index in [0.717, 1.165) is 0 Å². The van der Waals surface area contributed by atoms with E-state index >= 15 is 0 Å². The Balaban J connectivity index is -0.000000480. The van der Waals surface area contributed by atoms with E-state index in [2.05, 4.69) is 24.8 Å². The number of rotatable bonds is 3. The molecule has 0 spiro atoms. The quantitative estimate of drug-likeness (QED) is 0.497. The van der Waals surface area contributed by atoms with Gasteiger partial charge in [-0.3, -0.25) is 0 Å². The van der Waals surface area contributed by atoms with Gasteiger partial charge in [-0.05, 0) is 5.56 Å². The molecule has 0 aliphatic rings. The molecule has 0 bridgehead atoms. The van der Waals surface area contributed by atoms with Gasteiger partial charge < -0.3 is 2.85 Å². The average Bonchev–Trinajstić information content (AvgIpc) is 2.14. The van der Waals surface area contributed by atoms with E-state index in [1.165, 1.54) is 5.56 Å². The van der Waals surface area contributed by atoms with Gasteiger partial charge in [-0.15, -0.1) is 0 Å². The molecule has 1 aromatic rings. The van der Waals surface area contributed by atoms with Crippen LogP contribution in [0.4, 0.5) is 0 Å². The van der Waals surface area contributed by atoms with Gasteiger partial charge in [-0.25, -0.2) is 0 Å². The molecular formula is C12H14Mg. The number of benzene rings is 1. The maximum atomic E-state index is 3.58. The third kappa shape index (κ3) is 5.45. The van der Waals surface area contributed by atoms with Gasteiger partial charge in [0.1, 0.15) is 0 Å². The van der Waals surface area contributed by atoms with Crippen molar-refractivity contribution in [2.45, 2.75) is 0 Å². The Labute approximate surface area is 98.8 Å². The zero-order valence-electron chi connectivity index (χ0n) is 9.69. The number of hydrogen-bond donors (Lipinski definition) is 0. The van der Waals surface area contributed by atoms with E-state index in [4.69, 9.17) is 0 Å². The minimum atomic E-state index is 0. The molecule has 0 nitrogen and oxygen atoms in total. The van der Waals surface area contributed by atoms with Gasteiger partial charge >= 0.3 is 23.1 Å². The van der Waals surface area contributed by atoms with Gasteiger partial charge in [0, 0.05) is 0 Å². The number of allylic oxidation sites excluding steroid dienone is 4. The van der Waals surface area contributed by atoms with Gasteiger partial charge in [0.15, 0.2) is 0 Å². The maximum Gasteiger partial charge on any atom is 2.00 e. The monoisotopic (exact) mass is 182 g/mol. The molecule has 1 aromatic carbocycles. The summed E-state index contributed by atoms with van der Waals surface area (Å²) in [6.07, 6.45) is 9.67. The summed E-state index contributed by atoms with van der Waals surface area (Å²) in [6.45, 7) is 3.58. The van der Waals surface area contributed by atoms with E-state index in [1.54, 1.807) is 6.08 Å². The second-order valence-electron chi connectivity index (χ2n) is 2.39. The Kier molecular flexibility index (Phi) is 7.36. The van der Waals surface area contributed by atoms with Gasteiger partial charge in [0.05, 0.1) is 0 Å². The summed E-state index contributed by atoms with van der Waals surface area (Å²) in [6, 6.07) is 10.2. The molecule has 0 atom stereocenters. The van der Waals surface area contributed by atoms with Crippen molar-refractivity contribution in [1.82, 2.24) is 0 Å². The van der Waals surface area contributed by atoms with Crippen LogP contribution in [0.15, 0.2) is 61.2 Å². The van der Waals surface area contributed by atoms with Crippen LogP contribution in [0.2, 0.25) is 0 Å². The molecule has 0 heterocycles. The standard InChI is InChI=1S/C12H12.Mg.2H/c1-2-3-4-6-9-12-10-7-5-8-11-12;;;/h2-11H,1H2;;;/q;+2;2*-1. The summed E-state index contributed by atoms with van der Waals surface area (Å²) in [4.78, 5) is 0. The summed E-state index contributed by atoms with van der Waals surface area (Å²) < 4.78 is 0. The predicted molar refractivity (Wildman–Crippen MR) is 62.8 cm³/mol. The third-order valence-corrected chi connectivity index (χ3v) is 1.45. The van der Waals surface area contributed by atoms with E-state index in [1.807, 2.05) is 36.4 Å². The normalized spacial score (nSPS) is 10.2. The van der Waals surface area contributed by atoms with Crippen LogP contribution in [-0.2, 0) is 0 Å². The van der Waals surface area contributed by atoms with Crippen LogP contribution in [0.1, 0.15) is 8.42 Å². The molecule has 0 aliphatic carbocycles. The van der Waals surface area contributed by atoms with E-state index in [-0.39, 0.29) is 25.9 Å². The molecule has 13 heavy (non-hydrogen) atoms.